The maximum atomic E-state index is 14.1. The zero-order chi connectivity index (χ0) is 46.5. The molecule has 0 radical (unpaired) electrons. The average molecular weight is 972 g/mol. The summed E-state index contributed by atoms with van der Waals surface area (Å²) in [6.07, 6.45) is 7.63. The molecule has 2 saturated heterocycles. The van der Waals surface area contributed by atoms with Crippen LogP contribution < -0.4 is 19.8 Å². The van der Waals surface area contributed by atoms with E-state index in [-0.39, 0.29) is 17.9 Å². The summed E-state index contributed by atoms with van der Waals surface area (Å²) in [4.78, 5) is 6.63. The van der Waals surface area contributed by atoms with Gasteiger partial charge in [0.15, 0.2) is 0 Å². The Balaban J connectivity index is 0.990. The number of aromatic nitrogens is 1. The van der Waals surface area contributed by atoms with E-state index >= 15 is 0 Å². The molecule has 2 aliphatic heterocycles. The van der Waals surface area contributed by atoms with Gasteiger partial charge >= 0.3 is 5.51 Å². The molecule has 2 N–H and O–H groups in total. The van der Waals surface area contributed by atoms with E-state index in [1.807, 2.05) is 24.3 Å². The van der Waals surface area contributed by atoms with Gasteiger partial charge in [-0.05, 0) is 142 Å². The van der Waals surface area contributed by atoms with Gasteiger partial charge < -0.3 is 29.3 Å². The van der Waals surface area contributed by atoms with Crippen molar-refractivity contribution in [2.24, 2.45) is 5.41 Å². The van der Waals surface area contributed by atoms with Gasteiger partial charge in [-0.1, -0.05) is 75.6 Å². The number of thiol groups is 1. The first-order valence-electron chi connectivity index (χ1n) is 23.3. The Bertz CT molecular complexity index is 2360. The third-order valence-corrected chi connectivity index (χ3v) is 16.9. The van der Waals surface area contributed by atoms with Crippen molar-refractivity contribution in [3.05, 3.63) is 100 Å². The van der Waals surface area contributed by atoms with Crippen LogP contribution in [0.5, 0.6) is 0 Å². The number of hydrogen-bond acceptors (Lipinski definition) is 9. The number of hydrogen-bond donors (Lipinski definition) is 3. The minimum Gasteiger partial charge on any atom is -0.368 e. The van der Waals surface area contributed by atoms with E-state index in [0.717, 1.165) is 100 Å². The van der Waals surface area contributed by atoms with Gasteiger partial charge in [-0.25, -0.2) is 8.42 Å². The molecule has 4 aromatic rings. The predicted octanol–water partition coefficient (Wildman–Crippen LogP) is 11.9. The molecule has 7 rings (SSSR count). The fourth-order valence-electron chi connectivity index (χ4n) is 10.0. The normalized spacial score (nSPS) is 19.6. The van der Waals surface area contributed by atoms with Gasteiger partial charge in [0.2, 0.25) is 0 Å². The summed E-state index contributed by atoms with van der Waals surface area (Å²) in [5, 5.41) is 3.60. The van der Waals surface area contributed by atoms with E-state index in [1.165, 1.54) is 58.2 Å². The maximum absolute atomic E-state index is 14.1. The third-order valence-electron chi connectivity index (χ3n) is 13.6. The van der Waals surface area contributed by atoms with Crippen LogP contribution in [0.25, 0.3) is 22.4 Å². The van der Waals surface area contributed by atoms with Crippen molar-refractivity contribution in [3.8, 4) is 22.4 Å². The molecule has 1 aromatic heterocycles. The monoisotopic (exact) mass is 970 g/mol. The highest BCUT2D eigenvalue weighted by Gasteiger charge is 2.51. The third kappa shape index (κ3) is 11.4. The van der Waals surface area contributed by atoms with E-state index < -0.39 is 31.5 Å². The van der Waals surface area contributed by atoms with Crippen molar-refractivity contribution in [1.29, 1.82) is 0 Å². The molecule has 2 fully saturated rings. The van der Waals surface area contributed by atoms with Gasteiger partial charge in [0.25, 0.3) is 9.84 Å². The number of halogens is 4. The van der Waals surface area contributed by atoms with Gasteiger partial charge in [-0.15, -0.1) is 0 Å². The molecule has 65 heavy (non-hydrogen) atoms. The minimum absolute atomic E-state index is 0.260. The van der Waals surface area contributed by atoms with Crippen LogP contribution in [-0.2, 0) is 22.8 Å². The number of sulfone groups is 1. The van der Waals surface area contributed by atoms with Crippen molar-refractivity contribution in [2.45, 2.75) is 109 Å². The Hall–Kier alpha value is -3.27. The molecule has 2 unspecified atom stereocenters. The van der Waals surface area contributed by atoms with Gasteiger partial charge in [-0.2, -0.15) is 25.8 Å². The Morgan fingerprint density at radius 2 is 1.52 bits per heavy atom. The highest BCUT2D eigenvalue weighted by atomic mass is 35.5. The van der Waals surface area contributed by atoms with E-state index in [9.17, 15) is 21.6 Å². The van der Waals surface area contributed by atoms with Gasteiger partial charge in [0, 0.05) is 95.7 Å². The highest BCUT2D eigenvalue weighted by molar-refractivity contribution is 8.01. The number of benzene rings is 3. The largest absolute Gasteiger partial charge is 0.501 e. The molecule has 15 heteroatoms. The summed E-state index contributed by atoms with van der Waals surface area (Å²) in [6, 6.07) is 23.9. The van der Waals surface area contributed by atoms with Crippen LogP contribution in [0.4, 0.5) is 30.2 Å². The quantitative estimate of drug-likeness (QED) is 0.0714. The lowest BCUT2D eigenvalue weighted by Gasteiger charge is -2.42. The molecule has 0 amide bonds. The molecule has 3 atom stereocenters. The lowest BCUT2D eigenvalue weighted by atomic mass is 9.83. The number of nitrogens with one attached hydrogen (secondary N) is 2. The first kappa shape index (κ1) is 49.6. The predicted molar refractivity (Wildman–Crippen MR) is 272 cm³/mol. The first-order chi connectivity index (χ1) is 31.0. The van der Waals surface area contributed by atoms with Crippen LogP contribution in [0.1, 0.15) is 77.5 Å². The van der Waals surface area contributed by atoms with Crippen LogP contribution >= 0.6 is 36.2 Å². The zero-order valence-electron chi connectivity index (χ0n) is 38.4. The van der Waals surface area contributed by atoms with Crippen LogP contribution in [0.2, 0.25) is 5.02 Å². The number of rotatable bonds is 17. The van der Waals surface area contributed by atoms with E-state index in [2.05, 4.69) is 125 Å². The molecule has 3 heterocycles. The topological polar surface area (TPSA) is 72.8 Å². The van der Waals surface area contributed by atoms with Gasteiger partial charge in [-0.3, -0.25) is 0 Å². The average Bonchev–Trinajstić information content (AvgIpc) is 3.58. The van der Waals surface area contributed by atoms with Crippen molar-refractivity contribution in [1.82, 2.24) is 14.8 Å². The molecule has 0 saturated carbocycles. The van der Waals surface area contributed by atoms with Gasteiger partial charge in [0.1, 0.15) is 0 Å². The maximum Gasteiger partial charge on any atom is 0.501 e. The summed E-state index contributed by atoms with van der Waals surface area (Å²) < 4.78 is 74.3. The highest BCUT2D eigenvalue weighted by Crippen LogP contribution is 2.42. The number of piperidine rings is 1. The van der Waals surface area contributed by atoms with Crippen molar-refractivity contribution in [3.63, 3.8) is 0 Å². The Labute approximate surface area is 400 Å². The Morgan fingerprint density at radius 3 is 2.14 bits per heavy atom. The van der Waals surface area contributed by atoms with Crippen molar-refractivity contribution < 1.29 is 21.6 Å². The SMILES string of the molecule is CCCc1c(C)c(-c2cccc(N3CCN(c4ccc(NSC5C=C(S(=O)(=O)C(F)(F)F)C(N[C@@H](CS)C(C)(C)CN6CCCCC6)CC5)cc4)CC3)c2)c(-c2ccc(Cl)cc2)n1CC. The molecule has 0 bridgehead atoms. The summed E-state index contributed by atoms with van der Waals surface area (Å²) in [7, 11) is -5.56. The molecule has 0 spiro atoms. The summed E-state index contributed by atoms with van der Waals surface area (Å²) in [6.45, 7) is 17.9. The van der Waals surface area contributed by atoms with E-state index in [4.69, 9.17) is 11.6 Å². The standard InChI is InChI=1S/C50H66ClF3N6O2S3/c1-6-12-44-35(3)47(48(60(44)7-2)36-15-17-38(51)18-16-36)37-13-11-14-41(31-37)59-29-27-58(28-30-59)40-21-19-39(20-22-40)56-64-42-23-24-43(45(32-42)65(61,62)50(52,53)54)55-46(33-63)49(4,5)34-57-25-9-8-10-26-57/h11,13-22,31-32,42-43,46,55-56,63H,6-10,12,23-30,33-34H2,1-5H3/t42?,43?,46-/m0/s1. The number of piperazine rings is 1. The summed E-state index contributed by atoms with van der Waals surface area (Å²) in [5.74, 6) is 0.373. The number of alkyl halides is 3. The van der Waals surface area contributed by atoms with Crippen LogP contribution in [0.3, 0.4) is 0 Å². The lowest BCUT2D eigenvalue weighted by Crippen LogP contribution is -2.55. The lowest BCUT2D eigenvalue weighted by molar-refractivity contribution is -0.0429. The van der Waals surface area contributed by atoms with Crippen LogP contribution in [0, 0.1) is 12.3 Å². The number of nitrogens with zero attached hydrogens (tertiary/aromatic N) is 4. The Morgan fingerprint density at radius 1 is 0.862 bits per heavy atom. The molecular formula is C50H66ClF3N6O2S3. The number of anilines is 3. The summed E-state index contributed by atoms with van der Waals surface area (Å²) >= 11 is 12.2. The van der Waals surface area contributed by atoms with Crippen molar-refractivity contribution >= 4 is 63.1 Å². The van der Waals surface area contributed by atoms with Crippen LogP contribution in [-0.4, -0.2) is 92.3 Å². The molecule has 3 aliphatic rings. The zero-order valence-corrected chi connectivity index (χ0v) is 41.7. The first-order valence-corrected chi connectivity index (χ1v) is 26.6. The Kier molecular flexibility index (Phi) is 16.3. The van der Waals surface area contributed by atoms with Crippen LogP contribution in [0.15, 0.2) is 83.8 Å². The second-order valence-corrected chi connectivity index (χ2v) is 22.3. The van der Waals surface area contributed by atoms with E-state index in [0.29, 0.717) is 12.2 Å². The number of likely N-dealkylation sites (tertiary alicyclic amines) is 1. The summed E-state index contributed by atoms with van der Waals surface area (Å²) in [5.41, 5.74) is 4.94. The van der Waals surface area contributed by atoms with E-state index in [1.54, 1.807) is 0 Å². The molecular weight excluding hydrogens is 905 g/mol. The smallest absolute Gasteiger partial charge is 0.368 e. The minimum atomic E-state index is -5.56. The molecule has 8 nitrogen and oxygen atoms in total. The fourth-order valence-corrected chi connectivity index (χ4v) is 12.9. The van der Waals surface area contributed by atoms with Gasteiger partial charge in [0.05, 0.1) is 10.6 Å². The second-order valence-electron chi connectivity index (χ2n) is 18.5. The molecule has 354 valence electrons. The second kappa shape index (κ2) is 21.4. The van der Waals surface area contributed by atoms with Crippen molar-refractivity contribution in [2.75, 3.05) is 66.1 Å². The molecule has 1 aliphatic carbocycles. The fraction of sp³-hybridized carbons (Fsp3) is 0.520. The molecule has 3 aromatic carbocycles.